The molecule has 5 nitrogen and oxygen atoms in total. The predicted molar refractivity (Wildman–Crippen MR) is 83.8 cm³/mol. The van der Waals surface area contributed by atoms with Crippen molar-refractivity contribution in [2.75, 3.05) is 27.1 Å². The zero-order chi connectivity index (χ0) is 15.4. The molecule has 0 spiro atoms. The van der Waals surface area contributed by atoms with Crippen LogP contribution < -0.4 is 25.7 Å². The molecule has 0 fully saturated rings. The van der Waals surface area contributed by atoms with Gasteiger partial charge in [0.15, 0.2) is 11.5 Å². The van der Waals surface area contributed by atoms with E-state index in [1.165, 1.54) is 0 Å². The Morgan fingerprint density at radius 1 is 0.857 bits per heavy atom. The van der Waals surface area contributed by atoms with Crippen molar-refractivity contribution in [1.82, 2.24) is 0 Å². The molecule has 0 bridgehead atoms. The van der Waals surface area contributed by atoms with Crippen LogP contribution in [0.25, 0.3) is 11.1 Å². The molecule has 0 saturated carbocycles. The highest BCUT2D eigenvalue weighted by molar-refractivity contribution is 5.80. The number of nitrogen functional groups attached to an aromatic ring is 1. The van der Waals surface area contributed by atoms with E-state index in [4.69, 9.17) is 25.7 Å². The summed E-state index contributed by atoms with van der Waals surface area (Å²) in [5.74, 6) is 1.94. The molecule has 0 heterocycles. The Morgan fingerprint density at radius 2 is 1.57 bits per heavy atom. The van der Waals surface area contributed by atoms with Crippen molar-refractivity contribution in [3.8, 4) is 28.4 Å². The molecular weight excluding hydrogens is 268 g/mol. The van der Waals surface area contributed by atoms with E-state index in [2.05, 4.69) is 0 Å². The minimum atomic E-state index is 0.407. The molecule has 2 rings (SSSR count). The normalized spacial score (nSPS) is 10.3. The van der Waals surface area contributed by atoms with Crippen LogP contribution in [0.5, 0.6) is 17.2 Å². The van der Waals surface area contributed by atoms with Crippen LogP contribution in [0.15, 0.2) is 30.3 Å². The molecule has 5 heteroatoms. The molecule has 112 valence electrons. The lowest BCUT2D eigenvalue weighted by atomic mass is 9.99. The predicted octanol–water partition coefficient (Wildman–Crippen LogP) is 2.42. The van der Waals surface area contributed by atoms with Gasteiger partial charge >= 0.3 is 0 Å². The molecule has 0 amide bonds. The van der Waals surface area contributed by atoms with Crippen LogP contribution in [0, 0.1) is 0 Å². The highest BCUT2D eigenvalue weighted by Crippen LogP contribution is 2.43. The smallest absolute Gasteiger partial charge is 0.168 e. The number of rotatable bonds is 5. The number of anilines is 1. The number of ether oxygens (including phenoxy) is 3. The summed E-state index contributed by atoms with van der Waals surface area (Å²) < 4.78 is 16.3. The van der Waals surface area contributed by atoms with Crippen LogP contribution in [0.3, 0.4) is 0 Å². The van der Waals surface area contributed by atoms with Crippen LogP contribution in [0.4, 0.5) is 5.69 Å². The zero-order valence-corrected chi connectivity index (χ0v) is 12.5. The number of benzene rings is 2. The average Bonchev–Trinajstić information content (AvgIpc) is 2.53. The van der Waals surface area contributed by atoms with E-state index in [1.807, 2.05) is 24.3 Å². The number of nitrogens with two attached hydrogens (primary N) is 2. The van der Waals surface area contributed by atoms with Gasteiger partial charge in [0.05, 0.1) is 21.3 Å². The van der Waals surface area contributed by atoms with E-state index in [-0.39, 0.29) is 0 Å². The molecule has 0 unspecified atom stereocenters. The Morgan fingerprint density at radius 3 is 2.14 bits per heavy atom. The number of methoxy groups -OCH3 is 3. The maximum atomic E-state index is 5.81. The summed E-state index contributed by atoms with van der Waals surface area (Å²) in [6.07, 6.45) is 0. The van der Waals surface area contributed by atoms with Crippen molar-refractivity contribution in [1.29, 1.82) is 0 Å². The molecule has 0 aliphatic heterocycles. The van der Waals surface area contributed by atoms with E-state index in [0.717, 1.165) is 16.7 Å². The van der Waals surface area contributed by atoms with Crippen molar-refractivity contribution in [3.05, 3.63) is 35.9 Å². The Kier molecular flexibility index (Phi) is 4.55. The third-order valence-corrected chi connectivity index (χ3v) is 3.29. The van der Waals surface area contributed by atoms with Crippen molar-refractivity contribution in [2.24, 2.45) is 5.73 Å². The van der Waals surface area contributed by atoms with E-state index in [9.17, 15) is 0 Å². The van der Waals surface area contributed by atoms with Crippen LogP contribution in [0.1, 0.15) is 5.56 Å². The van der Waals surface area contributed by atoms with Gasteiger partial charge in [0.1, 0.15) is 5.75 Å². The fourth-order valence-electron chi connectivity index (χ4n) is 2.27. The first-order valence-corrected chi connectivity index (χ1v) is 6.53. The third-order valence-electron chi connectivity index (χ3n) is 3.29. The van der Waals surface area contributed by atoms with Crippen molar-refractivity contribution in [3.63, 3.8) is 0 Å². The summed E-state index contributed by atoms with van der Waals surface area (Å²) >= 11 is 0. The van der Waals surface area contributed by atoms with E-state index < -0.39 is 0 Å². The first-order chi connectivity index (χ1) is 10.1. The highest BCUT2D eigenvalue weighted by atomic mass is 16.5. The maximum absolute atomic E-state index is 5.81. The summed E-state index contributed by atoms with van der Waals surface area (Å²) in [4.78, 5) is 0. The molecule has 0 saturated heterocycles. The van der Waals surface area contributed by atoms with Crippen LogP contribution in [-0.4, -0.2) is 21.3 Å². The second kappa shape index (κ2) is 6.37. The lowest BCUT2D eigenvalue weighted by molar-refractivity contribution is 0.355. The quantitative estimate of drug-likeness (QED) is 0.826. The van der Waals surface area contributed by atoms with E-state index >= 15 is 0 Å². The number of hydrogen-bond donors (Lipinski definition) is 2. The lowest BCUT2D eigenvalue weighted by Crippen LogP contribution is -2.01. The summed E-state index contributed by atoms with van der Waals surface area (Å²) in [5, 5.41) is 0. The molecule has 0 aromatic heterocycles. The molecule has 0 radical (unpaired) electrons. The lowest BCUT2D eigenvalue weighted by Gasteiger charge is -2.17. The van der Waals surface area contributed by atoms with Crippen molar-refractivity contribution >= 4 is 5.69 Å². The van der Waals surface area contributed by atoms with Crippen LogP contribution in [0.2, 0.25) is 0 Å². The Labute approximate surface area is 124 Å². The second-order valence-electron chi connectivity index (χ2n) is 4.54. The van der Waals surface area contributed by atoms with Gasteiger partial charge in [0, 0.05) is 29.4 Å². The van der Waals surface area contributed by atoms with Gasteiger partial charge in [0.2, 0.25) is 0 Å². The highest BCUT2D eigenvalue weighted by Gasteiger charge is 2.17. The molecular formula is C16H20N2O3. The van der Waals surface area contributed by atoms with Gasteiger partial charge in [-0.2, -0.15) is 0 Å². The van der Waals surface area contributed by atoms with Gasteiger partial charge in [-0.1, -0.05) is 0 Å². The summed E-state index contributed by atoms with van der Waals surface area (Å²) in [5.41, 5.74) is 14.9. The monoisotopic (exact) mass is 288 g/mol. The van der Waals surface area contributed by atoms with Gasteiger partial charge in [-0.25, -0.2) is 0 Å². The Balaban J connectivity index is 2.72. The van der Waals surface area contributed by atoms with E-state index in [0.29, 0.717) is 29.5 Å². The molecule has 0 aliphatic carbocycles. The number of hydrogen-bond acceptors (Lipinski definition) is 5. The third kappa shape index (κ3) is 2.87. The van der Waals surface area contributed by atoms with Gasteiger partial charge < -0.3 is 25.7 Å². The average molecular weight is 288 g/mol. The molecule has 0 aliphatic rings. The first-order valence-electron chi connectivity index (χ1n) is 6.53. The van der Waals surface area contributed by atoms with Gasteiger partial charge in [0.25, 0.3) is 0 Å². The van der Waals surface area contributed by atoms with Gasteiger partial charge in [-0.05, 0) is 29.8 Å². The Bertz CT molecular complexity index is 642. The summed E-state index contributed by atoms with van der Waals surface area (Å²) in [7, 11) is 4.81. The minimum Gasteiger partial charge on any atom is -0.496 e. The molecule has 2 aromatic carbocycles. The largest absolute Gasteiger partial charge is 0.496 e. The van der Waals surface area contributed by atoms with Crippen LogP contribution >= 0.6 is 0 Å². The zero-order valence-electron chi connectivity index (χ0n) is 12.5. The summed E-state index contributed by atoms with van der Waals surface area (Å²) in [6.45, 7) is 0.407. The van der Waals surface area contributed by atoms with Gasteiger partial charge in [-0.3, -0.25) is 0 Å². The van der Waals surface area contributed by atoms with Crippen molar-refractivity contribution < 1.29 is 14.2 Å². The van der Waals surface area contributed by atoms with Crippen LogP contribution in [-0.2, 0) is 6.54 Å². The minimum absolute atomic E-state index is 0.407. The van der Waals surface area contributed by atoms with Gasteiger partial charge in [-0.15, -0.1) is 0 Å². The second-order valence-corrected chi connectivity index (χ2v) is 4.54. The SMILES string of the molecule is COc1cc(N)ccc1-c1cc(CN)cc(OC)c1OC. The summed E-state index contributed by atoms with van der Waals surface area (Å²) in [6, 6.07) is 9.32. The maximum Gasteiger partial charge on any atom is 0.168 e. The standard InChI is InChI=1S/C16H20N2O3/c1-19-14-8-11(18)4-5-12(14)13-6-10(9-17)7-15(20-2)16(13)21-3/h4-8H,9,17-18H2,1-3H3. The fraction of sp³-hybridized carbons (Fsp3) is 0.250. The Hall–Kier alpha value is -2.40. The topological polar surface area (TPSA) is 79.7 Å². The van der Waals surface area contributed by atoms with E-state index in [1.54, 1.807) is 27.4 Å². The molecule has 2 aromatic rings. The molecule has 4 N–H and O–H groups in total. The molecule has 21 heavy (non-hydrogen) atoms. The fourth-order valence-corrected chi connectivity index (χ4v) is 2.27. The molecule has 0 atom stereocenters. The first kappa shape index (κ1) is 15.0. The van der Waals surface area contributed by atoms with Crippen molar-refractivity contribution in [2.45, 2.75) is 6.54 Å².